The molecule has 0 saturated carbocycles. The Morgan fingerprint density at radius 2 is 2.07 bits per heavy atom. The average molecular weight is 200 g/mol. The van der Waals surface area contributed by atoms with Gasteiger partial charge in [0.1, 0.15) is 0 Å². The lowest BCUT2D eigenvalue weighted by atomic mass is 9.89. The maximum absolute atomic E-state index is 11.7. The summed E-state index contributed by atoms with van der Waals surface area (Å²) in [6, 6.07) is -0.434. The minimum atomic E-state index is -0.660. The second-order valence-electron chi connectivity index (χ2n) is 4.54. The summed E-state index contributed by atoms with van der Waals surface area (Å²) in [5.74, 6) is 0.107. The van der Waals surface area contributed by atoms with Crippen molar-refractivity contribution in [2.24, 2.45) is 11.7 Å². The van der Waals surface area contributed by atoms with Gasteiger partial charge in [0.05, 0.1) is 24.7 Å². The van der Waals surface area contributed by atoms with Crippen molar-refractivity contribution in [3.8, 4) is 0 Å². The first-order chi connectivity index (χ1) is 6.39. The van der Waals surface area contributed by atoms with Gasteiger partial charge in [0.2, 0.25) is 5.91 Å². The van der Waals surface area contributed by atoms with Crippen LogP contribution >= 0.6 is 0 Å². The van der Waals surface area contributed by atoms with Gasteiger partial charge in [-0.05, 0) is 12.3 Å². The zero-order valence-electron chi connectivity index (χ0n) is 9.16. The number of nitrogens with zero attached hydrogens (tertiary/aromatic N) is 1. The molecule has 0 spiro atoms. The lowest BCUT2D eigenvalue weighted by Crippen LogP contribution is -2.66. The SMILES string of the molecule is CCC1(O)CN(C(=O)[C@H](N)C(C)C)C1. The second kappa shape index (κ2) is 3.87. The topological polar surface area (TPSA) is 66.6 Å². The molecule has 1 atom stereocenters. The van der Waals surface area contributed by atoms with Gasteiger partial charge in [0.25, 0.3) is 0 Å². The van der Waals surface area contributed by atoms with E-state index in [9.17, 15) is 9.90 Å². The molecule has 1 rings (SSSR count). The largest absolute Gasteiger partial charge is 0.386 e. The molecule has 1 fully saturated rings. The summed E-state index contributed by atoms with van der Waals surface area (Å²) in [7, 11) is 0. The highest BCUT2D eigenvalue weighted by Gasteiger charge is 2.43. The minimum absolute atomic E-state index is 0.0434. The Labute approximate surface area is 85.1 Å². The van der Waals surface area contributed by atoms with Gasteiger partial charge in [-0.1, -0.05) is 20.8 Å². The van der Waals surface area contributed by atoms with E-state index in [1.807, 2.05) is 20.8 Å². The Morgan fingerprint density at radius 1 is 1.57 bits per heavy atom. The zero-order chi connectivity index (χ0) is 10.9. The summed E-state index contributed by atoms with van der Waals surface area (Å²) in [5, 5.41) is 9.72. The van der Waals surface area contributed by atoms with Crippen LogP contribution in [0.1, 0.15) is 27.2 Å². The third kappa shape index (κ3) is 2.07. The Balaban J connectivity index is 2.44. The zero-order valence-corrected chi connectivity index (χ0v) is 9.16. The number of hydrogen-bond donors (Lipinski definition) is 2. The Bertz CT molecular complexity index is 222. The van der Waals surface area contributed by atoms with Gasteiger partial charge in [0.15, 0.2) is 0 Å². The summed E-state index contributed by atoms with van der Waals surface area (Å²) in [6.07, 6.45) is 0.688. The molecule has 1 saturated heterocycles. The monoisotopic (exact) mass is 200 g/mol. The number of nitrogens with two attached hydrogens (primary N) is 1. The fourth-order valence-corrected chi connectivity index (χ4v) is 1.54. The van der Waals surface area contributed by atoms with Gasteiger partial charge in [-0.2, -0.15) is 0 Å². The second-order valence-corrected chi connectivity index (χ2v) is 4.54. The van der Waals surface area contributed by atoms with Crippen molar-refractivity contribution < 1.29 is 9.90 Å². The van der Waals surface area contributed by atoms with Crippen molar-refractivity contribution >= 4 is 5.91 Å². The van der Waals surface area contributed by atoms with Crippen LogP contribution in [0.2, 0.25) is 0 Å². The summed E-state index contributed by atoms with van der Waals surface area (Å²) in [5.41, 5.74) is 5.07. The van der Waals surface area contributed by atoms with Gasteiger partial charge < -0.3 is 15.7 Å². The summed E-state index contributed by atoms with van der Waals surface area (Å²) < 4.78 is 0. The van der Waals surface area contributed by atoms with Crippen LogP contribution in [-0.4, -0.2) is 40.6 Å². The standard InChI is InChI=1S/C10H20N2O2/c1-4-10(14)5-12(6-10)9(13)8(11)7(2)3/h7-8,14H,4-6,11H2,1-3H3/t8-/m1/s1. The number of hydrogen-bond acceptors (Lipinski definition) is 3. The van der Waals surface area contributed by atoms with Crippen LogP contribution in [0.15, 0.2) is 0 Å². The normalized spacial score (nSPS) is 22.0. The highest BCUT2D eigenvalue weighted by Crippen LogP contribution is 2.24. The molecule has 0 aromatic heterocycles. The van der Waals surface area contributed by atoms with Crippen LogP contribution in [-0.2, 0) is 4.79 Å². The predicted octanol–water partition coefficient (Wildman–Crippen LogP) is -0.0470. The van der Waals surface area contributed by atoms with Crippen molar-refractivity contribution in [3.05, 3.63) is 0 Å². The third-order valence-electron chi connectivity index (χ3n) is 2.94. The van der Waals surface area contributed by atoms with Crippen molar-refractivity contribution in [1.82, 2.24) is 4.90 Å². The number of carbonyl (C=O) groups is 1. The molecule has 0 unspecified atom stereocenters. The van der Waals surface area contributed by atoms with Gasteiger partial charge >= 0.3 is 0 Å². The lowest BCUT2D eigenvalue weighted by molar-refractivity contribution is -0.158. The van der Waals surface area contributed by atoms with E-state index in [2.05, 4.69) is 0 Å². The molecule has 14 heavy (non-hydrogen) atoms. The van der Waals surface area contributed by atoms with Gasteiger partial charge in [-0.25, -0.2) is 0 Å². The molecule has 4 nitrogen and oxygen atoms in total. The van der Waals surface area contributed by atoms with E-state index < -0.39 is 11.6 Å². The molecule has 1 aliphatic heterocycles. The van der Waals surface area contributed by atoms with E-state index in [1.54, 1.807) is 4.90 Å². The van der Waals surface area contributed by atoms with E-state index >= 15 is 0 Å². The van der Waals surface area contributed by atoms with E-state index in [0.717, 1.165) is 0 Å². The number of likely N-dealkylation sites (tertiary alicyclic amines) is 1. The minimum Gasteiger partial charge on any atom is -0.386 e. The number of aliphatic hydroxyl groups is 1. The molecule has 0 aliphatic carbocycles. The van der Waals surface area contributed by atoms with Crippen LogP contribution in [0.3, 0.4) is 0 Å². The summed E-state index contributed by atoms with van der Waals surface area (Å²) >= 11 is 0. The predicted molar refractivity (Wildman–Crippen MR) is 54.6 cm³/mol. The lowest BCUT2D eigenvalue weighted by Gasteiger charge is -2.47. The molecule has 1 amide bonds. The van der Waals surface area contributed by atoms with E-state index in [1.165, 1.54) is 0 Å². The molecule has 82 valence electrons. The van der Waals surface area contributed by atoms with Crippen molar-refractivity contribution in [1.29, 1.82) is 0 Å². The molecule has 0 radical (unpaired) electrons. The third-order valence-corrected chi connectivity index (χ3v) is 2.94. The molecular formula is C10H20N2O2. The number of carbonyl (C=O) groups excluding carboxylic acids is 1. The van der Waals surface area contributed by atoms with Gasteiger partial charge in [0, 0.05) is 0 Å². The molecule has 0 aromatic rings. The number of rotatable bonds is 3. The van der Waals surface area contributed by atoms with Crippen molar-refractivity contribution in [3.63, 3.8) is 0 Å². The Morgan fingerprint density at radius 3 is 2.43 bits per heavy atom. The Hall–Kier alpha value is -0.610. The molecule has 1 heterocycles. The maximum Gasteiger partial charge on any atom is 0.239 e. The van der Waals surface area contributed by atoms with Crippen LogP contribution in [0.25, 0.3) is 0 Å². The molecular weight excluding hydrogens is 180 g/mol. The quantitative estimate of drug-likeness (QED) is 0.671. The molecule has 0 aromatic carbocycles. The molecule has 3 N–H and O–H groups in total. The number of β-amino-alcohol motifs (C(OH)–C–C–N with tert-alkyl or cyclic N) is 1. The van der Waals surface area contributed by atoms with Gasteiger partial charge in [-0.15, -0.1) is 0 Å². The molecule has 4 heteroatoms. The first-order valence-corrected chi connectivity index (χ1v) is 5.16. The fraction of sp³-hybridized carbons (Fsp3) is 0.900. The first-order valence-electron chi connectivity index (χ1n) is 5.16. The molecule has 1 aliphatic rings. The van der Waals surface area contributed by atoms with Crippen LogP contribution in [0.4, 0.5) is 0 Å². The number of amides is 1. The highest BCUT2D eigenvalue weighted by molar-refractivity contribution is 5.82. The van der Waals surface area contributed by atoms with E-state index in [-0.39, 0.29) is 11.8 Å². The Kier molecular flexibility index (Phi) is 3.17. The smallest absolute Gasteiger partial charge is 0.239 e. The van der Waals surface area contributed by atoms with E-state index in [4.69, 9.17) is 5.73 Å². The first kappa shape index (κ1) is 11.5. The highest BCUT2D eigenvalue weighted by atomic mass is 16.3. The fourth-order valence-electron chi connectivity index (χ4n) is 1.54. The molecule has 0 bridgehead atoms. The van der Waals surface area contributed by atoms with Crippen LogP contribution in [0, 0.1) is 5.92 Å². The maximum atomic E-state index is 11.7. The van der Waals surface area contributed by atoms with Crippen molar-refractivity contribution in [2.75, 3.05) is 13.1 Å². The van der Waals surface area contributed by atoms with Crippen LogP contribution < -0.4 is 5.73 Å². The van der Waals surface area contributed by atoms with Gasteiger partial charge in [-0.3, -0.25) is 4.79 Å². The average Bonchev–Trinajstić information content (AvgIpc) is 2.10. The summed E-state index contributed by atoms with van der Waals surface area (Å²) in [6.45, 7) is 6.64. The van der Waals surface area contributed by atoms with Crippen molar-refractivity contribution in [2.45, 2.75) is 38.8 Å². The summed E-state index contributed by atoms with van der Waals surface area (Å²) in [4.78, 5) is 13.3. The van der Waals surface area contributed by atoms with E-state index in [0.29, 0.717) is 19.5 Å². The van der Waals surface area contributed by atoms with Crippen LogP contribution in [0.5, 0.6) is 0 Å².